The number of hydrogen-bond acceptors (Lipinski definition) is 2. The lowest BCUT2D eigenvalue weighted by molar-refractivity contribution is 1.28. The van der Waals surface area contributed by atoms with Gasteiger partial charge in [0.25, 0.3) is 0 Å². The van der Waals surface area contributed by atoms with Crippen molar-refractivity contribution in [2.24, 2.45) is 0 Å². The number of benzene rings is 4. The first-order chi connectivity index (χ1) is 13.8. The molecule has 0 aliphatic rings. The average Bonchev–Trinajstić information content (AvgIpc) is 2.76. The maximum atomic E-state index is 4.91. The van der Waals surface area contributed by atoms with Gasteiger partial charge in [0, 0.05) is 32.3 Å². The summed E-state index contributed by atoms with van der Waals surface area (Å²) >= 11 is 3.78. The summed E-state index contributed by atoms with van der Waals surface area (Å²) in [5, 5.41) is 2.24. The molecule has 0 radical (unpaired) electrons. The lowest BCUT2D eigenvalue weighted by atomic mass is 10.1. The number of fused-ring (bicyclic) bond motifs is 2. The average molecular weight is 425 g/mol. The third-order valence-electron chi connectivity index (χ3n) is 4.89. The molecule has 3 heteroatoms. The number of pyridine rings is 1. The fraction of sp³-hybridized carbons (Fsp3) is 0. The van der Waals surface area contributed by atoms with Crippen LogP contribution in [0.15, 0.2) is 108 Å². The number of para-hydroxylation sites is 3. The van der Waals surface area contributed by atoms with Crippen LogP contribution in [0.3, 0.4) is 0 Å². The highest BCUT2D eigenvalue weighted by Crippen LogP contribution is 2.37. The number of hydrogen-bond donors (Lipinski definition) is 0. The van der Waals surface area contributed by atoms with Crippen LogP contribution in [0.25, 0.3) is 21.8 Å². The first kappa shape index (κ1) is 17.0. The number of aromatic nitrogens is 1. The molecule has 0 amide bonds. The molecule has 0 atom stereocenters. The van der Waals surface area contributed by atoms with Crippen LogP contribution in [0, 0.1) is 0 Å². The van der Waals surface area contributed by atoms with Crippen molar-refractivity contribution < 1.29 is 0 Å². The third-order valence-corrected chi connectivity index (χ3v) is 5.74. The maximum Gasteiger partial charge on any atom is 0.0741 e. The van der Waals surface area contributed by atoms with E-state index in [1.807, 2.05) is 24.3 Å². The van der Waals surface area contributed by atoms with E-state index in [1.165, 1.54) is 0 Å². The van der Waals surface area contributed by atoms with E-state index < -0.39 is 0 Å². The molecule has 0 N–H and O–H groups in total. The molecule has 0 saturated carbocycles. The second-order valence-electron chi connectivity index (χ2n) is 6.65. The molecule has 28 heavy (non-hydrogen) atoms. The van der Waals surface area contributed by atoms with Gasteiger partial charge in [0.2, 0.25) is 0 Å². The molecule has 134 valence electrons. The second-order valence-corrected chi connectivity index (χ2v) is 7.44. The summed E-state index contributed by atoms with van der Waals surface area (Å²) in [4.78, 5) is 7.17. The molecule has 1 aromatic heterocycles. The van der Waals surface area contributed by atoms with E-state index in [0.717, 1.165) is 43.3 Å². The van der Waals surface area contributed by atoms with Crippen molar-refractivity contribution in [2.45, 2.75) is 0 Å². The predicted molar refractivity (Wildman–Crippen MR) is 122 cm³/mol. The third kappa shape index (κ3) is 2.94. The van der Waals surface area contributed by atoms with Gasteiger partial charge in [-0.3, -0.25) is 0 Å². The number of halogens is 1. The smallest absolute Gasteiger partial charge is 0.0741 e. The van der Waals surface area contributed by atoms with Crippen LogP contribution in [0.4, 0.5) is 17.1 Å². The van der Waals surface area contributed by atoms with E-state index in [2.05, 4.69) is 99.7 Å². The monoisotopic (exact) mass is 424 g/mol. The number of nitrogens with zero attached hydrogens (tertiary/aromatic N) is 2. The second kappa shape index (κ2) is 7.10. The van der Waals surface area contributed by atoms with E-state index in [9.17, 15) is 0 Å². The van der Waals surface area contributed by atoms with Gasteiger partial charge in [0.05, 0.1) is 11.0 Å². The minimum absolute atomic E-state index is 0.972. The fourth-order valence-corrected chi connectivity index (χ4v) is 4.24. The molecule has 2 nitrogen and oxygen atoms in total. The van der Waals surface area contributed by atoms with Crippen LogP contribution in [0.5, 0.6) is 0 Å². The van der Waals surface area contributed by atoms with E-state index in [1.54, 1.807) is 0 Å². The largest absolute Gasteiger partial charge is 0.310 e. The van der Waals surface area contributed by atoms with Crippen molar-refractivity contribution in [3.8, 4) is 0 Å². The molecule has 0 fully saturated rings. The number of rotatable bonds is 3. The van der Waals surface area contributed by atoms with Gasteiger partial charge in [0.1, 0.15) is 0 Å². The Balaban J connectivity index is 1.74. The van der Waals surface area contributed by atoms with Gasteiger partial charge in [0.15, 0.2) is 0 Å². The van der Waals surface area contributed by atoms with Gasteiger partial charge in [-0.1, -0.05) is 54.6 Å². The zero-order valence-corrected chi connectivity index (χ0v) is 16.7. The predicted octanol–water partition coefficient (Wildman–Crippen LogP) is 7.62. The van der Waals surface area contributed by atoms with Gasteiger partial charge >= 0.3 is 0 Å². The van der Waals surface area contributed by atoms with Gasteiger partial charge < -0.3 is 4.90 Å². The first-order valence-electron chi connectivity index (χ1n) is 9.19. The van der Waals surface area contributed by atoms with Gasteiger partial charge in [-0.15, -0.1) is 0 Å². The molecule has 0 spiro atoms. The van der Waals surface area contributed by atoms with Crippen LogP contribution < -0.4 is 4.90 Å². The topological polar surface area (TPSA) is 16.1 Å². The van der Waals surface area contributed by atoms with E-state index in [-0.39, 0.29) is 0 Å². The molecule has 5 rings (SSSR count). The zero-order valence-electron chi connectivity index (χ0n) is 15.1. The van der Waals surface area contributed by atoms with E-state index in [4.69, 9.17) is 4.98 Å². The van der Waals surface area contributed by atoms with E-state index >= 15 is 0 Å². The summed E-state index contributed by atoms with van der Waals surface area (Å²) in [5.41, 5.74) is 5.28. The molecule has 0 bridgehead atoms. The van der Waals surface area contributed by atoms with Crippen LogP contribution in [-0.4, -0.2) is 4.98 Å². The molecule has 0 saturated heterocycles. The molecular formula is C25H17BrN2. The van der Waals surface area contributed by atoms with Crippen LogP contribution in [-0.2, 0) is 0 Å². The summed E-state index contributed by atoms with van der Waals surface area (Å²) in [7, 11) is 0. The Bertz CT molecular complexity index is 1230. The van der Waals surface area contributed by atoms with Gasteiger partial charge in [-0.25, -0.2) is 4.98 Å². The van der Waals surface area contributed by atoms with Gasteiger partial charge in [-0.2, -0.15) is 0 Å². The lowest BCUT2D eigenvalue weighted by Crippen LogP contribution is -2.09. The lowest BCUT2D eigenvalue weighted by Gasteiger charge is -2.25. The minimum Gasteiger partial charge on any atom is -0.310 e. The zero-order chi connectivity index (χ0) is 18.9. The SMILES string of the molecule is Brc1c2ccccc2nc2cc(N(c3ccccc3)c3ccccc3)ccc12. The van der Waals surface area contributed by atoms with Crippen molar-refractivity contribution >= 4 is 54.8 Å². The summed E-state index contributed by atoms with van der Waals surface area (Å²) in [6.45, 7) is 0. The Labute approximate surface area is 172 Å². The molecule has 0 aliphatic carbocycles. The molecule has 0 unspecified atom stereocenters. The highest BCUT2D eigenvalue weighted by Gasteiger charge is 2.14. The van der Waals surface area contributed by atoms with Crippen LogP contribution in [0.1, 0.15) is 0 Å². The Hall–Kier alpha value is -3.17. The van der Waals surface area contributed by atoms with Gasteiger partial charge in [-0.05, 0) is 64.5 Å². The van der Waals surface area contributed by atoms with Crippen LogP contribution >= 0.6 is 15.9 Å². The van der Waals surface area contributed by atoms with Crippen molar-refractivity contribution in [3.63, 3.8) is 0 Å². The molecule has 5 aromatic rings. The summed E-state index contributed by atoms with van der Waals surface area (Å²) in [6, 6.07) is 35.5. The fourth-order valence-electron chi connectivity index (χ4n) is 3.57. The minimum atomic E-state index is 0.972. The van der Waals surface area contributed by atoms with E-state index in [0.29, 0.717) is 0 Å². The van der Waals surface area contributed by atoms with Crippen LogP contribution in [0.2, 0.25) is 0 Å². The summed E-state index contributed by atoms with van der Waals surface area (Å²) < 4.78 is 1.09. The quantitative estimate of drug-likeness (QED) is 0.277. The molecular weight excluding hydrogens is 408 g/mol. The Morgan fingerprint density at radius 3 is 1.79 bits per heavy atom. The molecule has 0 aliphatic heterocycles. The Kier molecular flexibility index (Phi) is 4.30. The Morgan fingerprint density at radius 1 is 0.536 bits per heavy atom. The standard InChI is InChI=1S/C25H17BrN2/c26-25-21-13-7-8-14-23(21)27-24-17-20(15-16-22(24)25)28(18-9-3-1-4-10-18)19-11-5-2-6-12-19/h1-17H. The highest BCUT2D eigenvalue weighted by molar-refractivity contribution is 9.10. The molecule has 1 heterocycles. The first-order valence-corrected chi connectivity index (χ1v) is 9.99. The summed E-state index contributed by atoms with van der Waals surface area (Å²) in [6.07, 6.45) is 0. The van der Waals surface area contributed by atoms with Crippen molar-refractivity contribution in [3.05, 3.63) is 108 Å². The van der Waals surface area contributed by atoms with Crippen molar-refractivity contribution in [2.75, 3.05) is 4.90 Å². The summed E-state index contributed by atoms with van der Waals surface area (Å²) in [5.74, 6) is 0. The van der Waals surface area contributed by atoms with Crippen molar-refractivity contribution in [1.29, 1.82) is 0 Å². The highest BCUT2D eigenvalue weighted by atomic mass is 79.9. The number of anilines is 3. The maximum absolute atomic E-state index is 4.91. The molecule has 4 aromatic carbocycles. The van der Waals surface area contributed by atoms with Crippen molar-refractivity contribution in [1.82, 2.24) is 4.98 Å². The normalized spacial score (nSPS) is 11.0. The Morgan fingerprint density at radius 2 is 1.11 bits per heavy atom.